The summed E-state index contributed by atoms with van der Waals surface area (Å²) in [6.07, 6.45) is 0. The first kappa shape index (κ1) is 16.7. The quantitative estimate of drug-likeness (QED) is 0.282. The lowest BCUT2D eigenvalue weighted by Gasteiger charge is -2.24. The summed E-state index contributed by atoms with van der Waals surface area (Å²) in [5.74, 6) is 0.686. The first-order chi connectivity index (χ1) is 17.2. The molecule has 0 spiro atoms. The number of fused-ring (bicyclic) bond motifs is 4. The molecule has 3 aromatic carbocycles. The molecule has 0 aliphatic heterocycles. The number of para-hydroxylation sites is 4. The Hall–Kier alpha value is -3.92. The Balaban J connectivity index is 1.71. The maximum absolute atomic E-state index is 8.25. The van der Waals surface area contributed by atoms with E-state index in [0.29, 0.717) is 17.1 Å². The predicted molar refractivity (Wildman–Crippen MR) is 135 cm³/mol. The maximum atomic E-state index is 8.25. The molecule has 0 radical (unpaired) electrons. The minimum Gasteiger partial charge on any atom is -0.437 e. The Labute approximate surface area is 196 Å². The standard InChI is InChI=1S/C29H25N3O/c1-18-16-17-20-19-10-9-11-21(26(19)33-28(20)30-18)27-31-23-13-6-8-15-25(23)32(27)24-14-7-5-12-22(24)29(2,3)4/h5-17H,1-4H3/i2D3. The molecule has 0 atom stereocenters. The molecular weight excluding hydrogens is 406 g/mol. The summed E-state index contributed by atoms with van der Waals surface area (Å²) in [5, 5.41) is 1.91. The van der Waals surface area contributed by atoms with Gasteiger partial charge in [-0.3, -0.25) is 4.57 Å². The molecule has 6 aromatic rings. The van der Waals surface area contributed by atoms with Crippen LogP contribution in [0.2, 0.25) is 0 Å². The summed E-state index contributed by atoms with van der Waals surface area (Å²) in [4.78, 5) is 9.61. The average Bonchev–Trinajstić information content (AvgIpc) is 3.41. The second kappa shape index (κ2) is 7.04. The van der Waals surface area contributed by atoms with Gasteiger partial charge in [-0.2, -0.15) is 0 Å². The highest BCUT2D eigenvalue weighted by molar-refractivity contribution is 6.08. The monoisotopic (exact) mass is 434 g/mol. The van der Waals surface area contributed by atoms with Crippen molar-refractivity contribution in [3.63, 3.8) is 0 Å². The van der Waals surface area contributed by atoms with Crippen molar-refractivity contribution < 1.29 is 8.53 Å². The smallest absolute Gasteiger partial charge is 0.227 e. The zero-order valence-corrected chi connectivity index (χ0v) is 18.8. The highest BCUT2D eigenvalue weighted by Crippen LogP contribution is 2.39. The highest BCUT2D eigenvalue weighted by Gasteiger charge is 2.24. The second-order valence-corrected chi connectivity index (χ2v) is 8.99. The van der Waals surface area contributed by atoms with Crippen molar-refractivity contribution in [3.8, 4) is 17.1 Å². The van der Waals surface area contributed by atoms with Crippen LogP contribution in [0.1, 0.15) is 36.1 Å². The molecule has 3 heterocycles. The molecule has 0 amide bonds. The zero-order chi connectivity index (χ0) is 25.2. The van der Waals surface area contributed by atoms with Crippen molar-refractivity contribution >= 4 is 33.1 Å². The molecule has 0 aliphatic rings. The van der Waals surface area contributed by atoms with E-state index in [-0.39, 0.29) is 0 Å². The minimum atomic E-state index is -2.19. The van der Waals surface area contributed by atoms with Gasteiger partial charge in [-0.1, -0.05) is 63.2 Å². The van der Waals surface area contributed by atoms with E-state index in [4.69, 9.17) is 13.5 Å². The van der Waals surface area contributed by atoms with Crippen LogP contribution in [0.15, 0.2) is 83.3 Å². The molecule has 0 bridgehead atoms. The molecule has 0 aliphatic carbocycles. The summed E-state index contributed by atoms with van der Waals surface area (Å²) in [6, 6.07) is 25.6. The molecule has 6 rings (SSSR count). The van der Waals surface area contributed by atoms with Gasteiger partial charge in [0.25, 0.3) is 0 Å². The first-order valence-electron chi connectivity index (χ1n) is 12.5. The lowest BCUT2D eigenvalue weighted by molar-refractivity contribution is 0.587. The molecule has 0 saturated heterocycles. The fourth-order valence-electron chi connectivity index (χ4n) is 4.60. The SMILES string of the molecule is [2H]C([2H])([2H])C(C)(C)c1ccccc1-n1c(-c2cccc3c2oc2nc(C)ccc23)nc2ccccc21. The summed E-state index contributed by atoms with van der Waals surface area (Å²) in [7, 11) is 0. The topological polar surface area (TPSA) is 43.9 Å². The van der Waals surface area contributed by atoms with E-state index >= 15 is 0 Å². The molecule has 4 heteroatoms. The van der Waals surface area contributed by atoms with E-state index in [1.165, 1.54) is 0 Å². The zero-order valence-electron chi connectivity index (χ0n) is 21.8. The van der Waals surface area contributed by atoms with E-state index in [0.717, 1.165) is 44.3 Å². The van der Waals surface area contributed by atoms with Gasteiger partial charge in [-0.25, -0.2) is 9.97 Å². The first-order valence-corrected chi connectivity index (χ1v) is 11.0. The maximum Gasteiger partial charge on any atom is 0.227 e. The van der Waals surface area contributed by atoms with Gasteiger partial charge in [0.15, 0.2) is 0 Å². The third-order valence-corrected chi connectivity index (χ3v) is 6.12. The second-order valence-electron chi connectivity index (χ2n) is 8.99. The number of nitrogens with zero attached hydrogens (tertiary/aromatic N) is 3. The van der Waals surface area contributed by atoms with Crippen LogP contribution < -0.4 is 0 Å². The molecule has 4 nitrogen and oxygen atoms in total. The summed E-state index contributed by atoms with van der Waals surface area (Å²) in [5.41, 5.74) is 5.13. The van der Waals surface area contributed by atoms with Gasteiger partial charge in [0, 0.05) is 20.6 Å². The van der Waals surface area contributed by atoms with Crippen LogP contribution in [-0.4, -0.2) is 14.5 Å². The Bertz CT molecular complexity index is 1780. The van der Waals surface area contributed by atoms with Gasteiger partial charge in [0.2, 0.25) is 5.71 Å². The summed E-state index contributed by atoms with van der Waals surface area (Å²) >= 11 is 0. The summed E-state index contributed by atoms with van der Waals surface area (Å²) < 4.78 is 33.1. The van der Waals surface area contributed by atoms with E-state index in [9.17, 15) is 0 Å². The normalized spacial score (nSPS) is 14.0. The Morgan fingerprint density at radius 1 is 0.848 bits per heavy atom. The molecule has 0 saturated carbocycles. The molecule has 162 valence electrons. The minimum absolute atomic E-state index is 0.587. The van der Waals surface area contributed by atoms with Gasteiger partial charge in [0.05, 0.1) is 22.3 Å². The van der Waals surface area contributed by atoms with Gasteiger partial charge in [0.1, 0.15) is 11.4 Å². The van der Waals surface area contributed by atoms with Gasteiger partial charge < -0.3 is 4.42 Å². The molecular formula is C29H25N3O. The number of aromatic nitrogens is 3. The number of furan rings is 1. The average molecular weight is 435 g/mol. The van der Waals surface area contributed by atoms with Crippen LogP contribution in [0.4, 0.5) is 0 Å². The fraction of sp³-hybridized carbons (Fsp3) is 0.172. The lowest BCUT2D eigenvalue weighted by Crippen LogP contribution is -2.15. The fourth-order valence-corrected chi connectivity index (χ4v) is 4.60. The van der Waals surface area contributed by atoms with E-state index in [1.54, 1.807) is 13.8 Å². The molecule has 0 unspecified atom stereocenters. The van der Waals surface area contributed by atoms with E-state index in [1.807, 2.05) is 85.8 Å². The lowest BCUT2D eigenvalue weighted by atomic mass is 9.85. The van der Waals surface area contributed by atoms with Crippen LogP contribution in [0.3, 0.4) is 0 Å². The van der Waals surface area contributed by atoms with Gasteiger partial charge >= 0.3 is 0 Å². The van der Waals surface area contributed by atoms with Crippen LogP contribution in [0.5, 0.6) is 0 Å². The van der Waals surface area contributed by atoms with Crippen molar-refractivity contribution in [2.24, 2.45) is 0 Å². The van der Waals surface area contributed by atoms with Crippen molar-refractivity contribution in [3.05, 3.63) is 90.1 Å². The number of imidazole rings is 1. The largest absolute Gasteiger partial charge is 0.437 e. The number of hydrogen-bond acceptors (Lipinski definition) is 3. The molecule has 0 fully saturated rings. The third kappa shape index (κ3) is 3.05. The highest BCUT2D eigenvalue weighted by atomic mass is 16.3. The Morgan fingerprint density at radius 2 is 1.67 bits per heavy atom. The number of hydrogen-bond donors (Lipinski definition) is 0. The number of rotatable bonds is 2. The predicted octanol–water partition coefficient (Wildman–Crippen LogP) is 7.59. The molecule has 3 aromatic heterocycles. The van der Waals surface area contributed by atoms with Gasteiger partial charge in [-0.05, 0) is 54.3 Å². The van der Waals surface area contributed by atoms with Crippen molar-refractivity contribution in [1.82, 2.24) is 14.5 Å². The van der Waals surface area contributed by atoms with E-state index in [2.05, 4.69) is 9.55 Å². The third-order valence-electron chi connectivity index (χ3n) is 6.12. The van der Waals surface area contributed by atoms with Crippen LogP contribution in [0.25, 0.3) is 50.2 Å². The number of benzene rings is 3. The van der Waals surface area contributed by atoms with Crippen LogP contribution in [-0.2, 0) is 5.41 Å². The van der Waals surface area contributed by atoms with E-state index < -0.39 is 12.3 Å². The Morgan fingerprint density at radius 3 is 2.55 bits per heavy atom. The number of aryl methyl sites for hydroxylation is 1. The van der Waals surface area contributed by atoms with Crippen molar-refractivity contribution in [2.75, 3.05) is 0 Å². The number of pyridine rings is 1. The molecule has 33 heavy (non-hydrogen) atoms. The van der Waals surface area contributed by atoms with Crippen molar-refractivity contribution in [1.29, 1.82) is 0 Å². The van der Waals surface area contributed by atoms with Crippen LogP contribution >= 0.6 is 0 Å². The summed E-state index contributed by atoms with van der Waals surface area (Å²) in [6.45, 7) is 3.29. The Kier molecular flexibility index (Phi) is 3.56. The van der Waals surface area contributed by atoms with Gasteiger partial charge in [-0.15, -0.1) is 0 Å². The van der Waals surface area contributed by atoms with Crippen molar-refractivity contribution in [2.45, 2.75) is 33.0 Å². The van der Waals surface area contributed by atoms with Crippen LogP contribution in [0, 0.1) is 6.92 Å². The molecule has 0 N–H and O–H groups in total.